The summed E-state index contributed by atoms with van der Waals surface area (Å²) in [6.07, 6.45) is 3.61. The van der Waals surface area contributed by atoms with Crippen molar-refractivity contribution in [3.8, 4) is 28.1 Å². The average Bonchev–Trinajstić information content (AvgIpc) is 3.20. The van der Waals surface area contributed by atoms with Crippen LogP contribution >= 0.6 is 0 Å². The zero-order valence-corrected chi connectivity index (χ0v) is 21.1. The van der Waals surface area contributed by atoms with Crippen LogP contribution < -0.4 is 10.2 Å². The highest BCUT2D eigenvalue weighted by Gasteiger charge is 2.39. The predicted octanol–water partition coefficient (Wildman–Crippen LogP) is 4.20. The Labute approximate surface area is 205 Å². The highest BCUT2D eigenvalue weighted by molar-refractivity contribution is 5.79. The lowest BCUT2D eigenvalue weighted by Gasteiger charge is -2.46. The average molecular weight is 473 g/mol. The van der Waals surface area contributed by atoms with E-state index < -0.39 is 0 Å². The summed E-state index contributed by atoms with van der Waals surface area (Å²) in [7, 11) is 3.90. The summed E-state index contributed by atoms with van der Waals surface area (Å²) in [5.74, 6) is 0.986. The molecule has 3 aromatic heterocycles. The number of benzene rings is 1. The molecule has 1 saturated heterocycles. The number of piperidine rings is 1. The summed E-state index contributed by atoms with van der Waals surface area (Å²) in [6.45, 7) is 8.85. The van der Waals surface area contributed by atoms with Gasteiger partial charge in [0.1, 0.15) is 17.1 Å². The number of phenols is 1. The monoisotopic (exact) mass is 472 g/mol. The molecule has 0 spiro atoms. The molecule has 1 aliphatic heterocycles. The third-order valence-electron chi connectivity index (χ3n) is 6.55. The summed E-state index contributed by atoms with van der Waals surface area (Å²) in [4.78, 5) is 6.31. The number of nitrogens with zero attached hydrogens (tertiary/aromatic N) is 7. The molecule has 9 heteroatoms. The van der Waals surface area contributed by atoms with Crippen LogP contribution in [0.1, 0.15) is 46.6 Å². The Kier molecular flexibility index (Phi) is 5.47. The van der Waals surface area contributed by atoms with E-state index in [0.29, 0.717) is 22.4 Å². The second kappa shape index (κ2) is 8.27. The van der Waals surface area contributed by atoms with Crippen molar-refractivity contribution in [3.05, 3.63) is 42.6 Å². The molecule has 0 unspecified atom stereocenters. The topological polar surface area (TPSA) is 105 Å². The van der Waals surface area contributed by atoms with Crippen LogP contribution in [0.25, 0.3) is 33.5 Å². The van der Waals surface area contributed by atoms with Crippen molar-refractivity contribution in [1.29, 1.82) is 0 Å². The zero-order chi connectivity index (χ0) is 25.0. The van der Waals surface area contributed by atoms with Crippen LogP contribution in [-0.4, -0.2) is 60.5 Å². The minimum absolute atomic E-state index is 0.0201. The van der Waals surface area contributed by atoms with Gasteiger partial charge in [-0.15, -0.1) is 15.3 Å². The smallest absolute Gasteiger partial charge is 0.201 e. The van der Waals surface area contributed by atoms with E-state index in [1.165, 1.54) is 0 Å². The SMILES string of the molecule is CN(C)c1cc(-c2ccc(-c3cc4nnn(C5CC(C)(C)NC(C)(C)C5)c4nn3)c(O)c2)ccn1. The molecule has 0 aliphatic carbocycles. The van der Waals surface area contributed by atoms with Crippen molar-refractivity contribution in [3.63, 3.8) is 0 Å². The van der Waals surface area contributed by atoms with Gasteiger partial charge in [-0.1, -0.05) is 11.3 Å². The Hall–Kier alpha value is -3.59. The summed E-state index contributed by atoms with van der Waals surface area (Å²) >= 11 is 0. The molecule has 0 amide bonds. The Morgan fingerprint density at radius 3 is 2.34 bits per heavy atom. The fraction of sp³-hybridized carbons (Fsp3) is 0.423. The van der Waals surface area contributed by atoms with Gasteiger partial charge in [0.05, 0.1) is 11.7 Å². The van der Waals surface area contributed by atoms with Crippen molar-refractivity contribution in [2.75, 3.05) is 19.0 Å². The van der Waals surface area contributed by atoms with Gasteiger partial charge in [-0.25, -0.2) is 9.67 Å². The molecular formula is C26H32N8O. The molecule has 5 rings (SSSR count). The van der Waals surface area contributed by atoms with Crippen molar-refractivity contribution >= 4 is 17.0 Å². The molecule has 4 aromatic rings. The first-order chi connectivity index (χ1) is 16.5. The number of hydrogen-bond acceptors (Lipinski definition) is 8. The molecule has 35 heavy (non-hydrogen) atoms. The highest BCUT2D eigenvalue weighted by atomic mass is 16.3. The number of hydrogen-bond donors (Lipinski definition) is 2. The number of anilines is 1. The molecule has 0 radical (unpaired) electrons. The normalized spacial score (nSPS) is 17.5. The minimum atomic E-state index is -0.0201. The Balaban J connectivity index is 1.46. The number of aromatic nitrogens is 6. The van der Waals surface area contributed by atoms with Gasteiger partial charge in [0.25, 0.3) is 0 Å². The quantitative estimate of drug-likeness (QED) is 0.455. The van der Waals surface area contributed by atoms with Crippen molar-refractivity contribution in [2.24, 2.45) is 0 Å². The van der Waals surface area contributed by atoms with E-state index in [9.17, 15) is 5.11 Å². The molecule has 0 atom stereocenters. The van der Waals surface area contributed by atoms with Crippen molar-refractivity contribution in [2.45, 2.75) is 57.7 Å². The highest BCUT2D eigenvalue weighted by Crippen LogP contribution is 2.37. The van der Waals surface area contributed by atoms with E-state index in [1.807, 2.05) is 54.0 Å². The van der Waals surface area contributed by atoms with Crippen LogP contribution in [0.5, 0.6) is 5.75 Å². The molecule has 2 N–H and O–H groups in total. The molecule has 0 saturated carbocycles. The molecular weight excluding hydrogens is 440 g/mol. The minimum Gasteiger partial charge on any atom is -0.507 e. The third-order valence-corrected chi connectivity index (χ3v) is 6.55. The van der Waals surface area contributed by atoms with Crippen LogP contribution in [0.4, 0.5) is 5.82 Å². The molecule has 182 valence electrons. The summed E-state index contributed by atoms with van der Waals surface area (Å²) in [5, 5.41) is 32.3. The first-order valence-electron chi connectivity index (χ1n) is 11.9. The van der Waals surface area contributed by atoms with Gasteiger partial charge in [-0.2, -0.15) is 0 Å². The summed E-state index contributed by atoms with van der Waals surface area (Å²) in [5.41, 5.74) is 4.32. The van der Waals surface area contributed by atoms with Gasteiger partial charge >= 0.3 is 0 Å². The van der Waals surface area contributed by atoms with Crippen molar-refractivity contribution < 1.29 is 5.11 Å². The van der Waals surface area contributed by atoms with Gasteiger partial charge in [-0.05, 0) is 82.0 Å². The zero-order valence-electron chi connectivity index (χ0n) is 21.1. The van der Waals surface area contributed by atoms with E-state index >= 15 is 0 Å². The van der Waals surface area contributed by atoms with Crippen LogP contribution in [0.2, 0.25) is 0 Å². The maximum absolute atomic E-state index is 10.8. The van der Waals surface area contributed by atoms with E-state index in [-0.39, 0.29) is 22.9 Å². The van der Waals surface area contributed by atoms with Gasteiger partial charge in [0.2, 0.25) is 5.65 Å². The van der Waals surface area contributed by atoms with Crippen LogP contribution in [-0.2, 0) is 0 Å². The van der Waals surface area contributed by atoms with E-state index in [4.69, 9.17) is 0 Å². The first kappa shape index (κ1) is 23.2. The second-order valence-electron chi connectivity index (χ2n) is 11.0. The Bertz CT molecular complexity index is 1380. The first-order valence-corrected chi connectivity index (χ1v) is 11.9. The molecule has 9 nitrogen and oxygen atoms in total. The number of aromatic hydroxyl groups is 1. The maximum Gasteiger partial charge on any atom is 0.201 e. The van der Waals surface area contributed by atoms with E-state index in [2.05, 4.69) is 58.5 Å². The molecule has 1 aromatic carbocycles. The number of nitrogens with one attached hydrogen (secondary N) is 1. The molecule has 0 bridgehead atoms. The Morgan fingerprint density at radius 1 is 0.943 bits per heavy atom. The largest absolute Gasteiger partial charge is 0.507 e. The lowest BCUT2D eigenvalue weighted by atomic mass is 9.80. The van der Waals surface area contributed by atoms with Crippen LogP contribution in [0, 0.1) is 0 Å². The molecule has 1 fully saturated rings. The fourth-order valence-electron chi connectivity index (χ4n) is 5.34. The predicted molar refractivity (Wildman–Crippen MR) is 137 cm³/mol. The number of phenolic OH excluding ortho intramolecular Hbond substituents is 1. The number of fused-ring (bicyclic) bond motifs is 1. The van der Waals surface area contributed by atoms with Gasteiger partial charge in [0, 0.05) is 36.9 Å². The molecule has 1 aliphatic rings. The van der Waals surface area contributed by atoms with Gasteiger partial charge in [-0.3, -0.25) is 0 Å². The lowest BCUT2D eigenvalue weighted by Crippen LogP contribution is -2.58. The van der Waals surface area contributed by atoms with E-state index in [0.717, 1.165) is 29.8 Å². The van der Waals surface area contributed by atoms with Crippen LogP contribution in [0.15, 0.2) is 42.6 Å². The second-order valence-corrected chi connectivity index (χ2v) is 11.0. The van der Waals surface area contributed by atoms with Crippen molar-refractivity contribution in [1.82, 2.24) is 35.5 Å². The maximum atomic E-state index is 10.8. The summed E-state index contributed by atoms with van der Waals surface area (Å²) in [6, 6.07) is 11.5. The molecule has 4 heterocycles. The standard InChI is InChI=1S/C26H32N8O/c1-25(2)14-18(15-26(3,4)31-25)34-24-21(29-32-34)13-20(28-30-24)19-8-7-16(11-22(19)35)17-9-10-27-23(12-17)33(5)6/h7-13,18,31,35H,14-15H2,1-6H3. The summed E-state index contributed by atoms with van der Waals surface area (Å²) < 4.78 is 1.91. The number of pyridine rings is 1. The van der Waals surface area contributed by atoms with Gasteiger partial charge in [0.15, 0.2) is 0 Å². The Morgan fingerprint density at radius 2 is 1.66 bits per heavy atom. The third kappa shape index (κ3) is 4.55. The van der Waals surface area contributed by atoms with Gasteiger partial charge < -0.3 is 15.3 Å². The number of rotatable bonds is 4. The lowest BCUT2D eigenvalue weighted by molar-refractivity contribution is 0.127. The fourth-order valence-corrected chi connectivity index (χ4v) is 5.34. The van der Waals surface area contributed by atoms with E-state index in [1.54, 1.807) is 12.3 Å². The van der Waals surface area contributed by atoms with Crippen LogP contribution in [0.3, 0.4) is 0 Å².